The van der Waals surface area contributed by atoms with Crippen LogP contribution in [0.5, 0.6) is 0 Å². The molecule has 2 heterocycles. The van der Waals surface area contributed by atoms with Gasteiger partial charge in [0.1, 0.15) is 5.82 Å². The van der Waals surface area contributed by atoms with Gasteiger partial charge in [0.25, 0.3) is 0 Å². The van der Waals surface area contributed by atoms with Gasteiger partial charge in [0.2, 0.25) is 5.95 Å². The number of hydrogen-bond acceptors (Lipinski definition) is 6. The van der Waals surface area contributed by atoms with Gasteiger partial charge < -0.3 is 16.5 Å². The quantitative estimate of drug-likeness (QED) is 0.362. The van der Waals surface area contributed by atoms with Gasteiger partial charge in [-0.1, -0.05) is 12.1 Å². The van der Waals surface area contributed by atoms with Crippen LogP contribution in [0.15, 0.2) is 42.6 Å². The first-order valence-electron chi connectivity index (χ1n) is 7.00. The predicted octanol–water partition coefficient (Wildman–Crippen LogP) is 2.74. The van der Waals surface area contributed by atoms with Crippen LogP contribution in [0.2, 0.25) is 0 Å². The number of nitrogens with zero attached hydrogens (tertiary/aromatic N) is 2. The second-order valence-electron chi connectivity index (χ2n) is 5.24. The summed E-state index contributed by atoms with van der Waals surface area (Å²) in [6.45, 7) is 0. The lowest BCUT2D eigenvalue weighted by molar-refractivity contribution is 0.389. The number of nitrogen functional groups attached to an aromatic ring is 2. The van der Waals surface area contributed by atoms with Gasteiger partial charge in [-0.3, -0.25) is 10.7 Å². The van der Waals surface area contributed by atoms with Crippen molar-refractivity contribution in [2.45, 2.75) is 0 Å². The number of anilines is 3. The molecular weight excluding hydrogens is 292 g/mol. The maximum Gasteiger partial charge on any atom is 0.222 e. The zero-order valence-electron chi connectivity index (χ0n) is 12.0. The van der Waals surface area contributed by atoms with Gasteiger partial charge in [0.05, 0.1) is 22.1 Å². The summed E-state index contributed by atoms with van der Waals surface area (Å²) in [6.07, 6.45) is 1.84. The highest BCUT2D eigenvalue weighted by Crippen LogP contribution is 2.36. The molecule has 0 saturated carbocycles. The highest BCUT2D eigenvalue weighted by Gasteiger charge is 2.14. The van der Waals surface area contributed by atoms with Gasteiger partial charge in [-0.15, -0.1) is 0 Å². The molecule has 0 aliphatic rings. The van der Waals surface area contributed by atoms with E-state index in [2.05, 4.69) is 20.4 Å². The molecule has 7 nitrogen and oxygen atoms in total. The Labute approximate surface area is 130 Å². The van der Waals surface area contributed by atoms with Gasteiger partial charge >= 0.3 is 0 Å². The van der Waals surface area contributed by atoms with Crippen molar-refractivity contribution in [2.75, 3.05) is 16.9 Å². The van der Waals surface area contributed by atoms with Crippen molar-refractivity contribution in [3.05, 3.63) is 42.6 Å². The fourth-order valence-corrected chi connectivity index (χ4v) is 2.89. The SMILES string of the molecule is Nc1nc(N)c2c(cc(-c3cccc(NO)c3)c3[nH]ccc32)n1. The molecule has 0 amide bonds. The van der Waals surface area contributed by atoms with E-state index < -0.39 is 0 Å². The maximum absolute atomic E-state index is 9.12. The first kappa shape index (κ1) is 13.4. The number of nitrogens with two attached hydrogens (primary N) is 2. The van der Waals surface area contributed by atoms with Crippen LogP contribution in [0, 0.1) is 0 Å². The molecule has 7 N–H and O–H groups in total. The Bertz CT molecular complexity index is 1040. The standard InChI is InChI=1S/C16H14N6O/c17-15-13-10-4-5-19-14(10)11(7-12(13)20-16(18)21-15)8-2-1-3-9(6-8)22-23/h1-7,19,22-23H,(H4,17,18,20,21). The minimum absolute atomic E-state index is 0.140. The van der Waals surface area contributed by atoms with Gasteiger partial charge in [-0.05, 0) is 29.8 Å². The fourth-order valence-electron chi connectivity index (χ4n) is 2.89. The monoisotopic (exact) mass is 306 g/mol. The molecule has 4 rings (SSSR count). The maximum atomic E-state index is 9.12. The molecule has 0 unspecified atom stereocenters. The second-order valence-corrected chi connectivity index (χ2v) is 5.24. The minimum atomic E-state index is 0.140. The summed E-state index contributed by atoms with van der Waals surface area (Å²) in [6, 6.07) is 11.3. The van der Waals surface area contributed by atoms with E-state index in [0.29, 0.717) is 17.0 Å². The number of rotatable bonds is 2. The molecule has 0 spiro atoms. The average Bonchev–Trinajstić information content (AvgIpc) is 3.02. The van der Waals surface area contributed by atoms with Crippen molar-refractivity contribution in [1.82, 2.24) is 15.0 Å². The van der Waals surface area contributed by atoms with Crippen molar-refractivity contribution in [2.24, 2.45) is 0 Å². The van der Waals surface area contributed by atoms with Crippen molar-refractivity contribution >= 4 is 39.3 Å². The Morgan fingerprint density at radius 3 is 2.78 bits per heavy atom. The van der Waals surface area contributed by atoms with E-state index in [9.17, 15) is 0 Å². The number of hydrogen-bond donors (Lipinski definition) is 5. The van der Waals surface area contributed by atoms with Crippen LogP contribution in [0.25, 0.3) is 32.9 Å². The molecule has 0 saturated heterocycles. The van der Waals surface area contributed by atoms with Gasteiger partial charge in [0.15, 0.2) is 0 Å². The largest absolute Gasteiger partial charge is 0.383 e. The zero-order chi connectivity index (χ0) is 16.0. The van der Waals surface area contributed by atoms with Crippen LogP contribution in [-0.2, 0) is 0 Å². The third kappa shape index (κ3) is 2.02. The Kier molecular flexibility index (Phi) is 2.82. The van der Waals surface area contributed by atoms with E-state index in [4.69, 9.17) is 16.7 Å². The summed E-state index contributed by atoms with van der Waals surface area (Å²) in [5.74, 6) is 0.496. The number of aromatic amines is 1. The molecule has 2 aromatic heterocycles. The number of nitrogens with one attached hydrogen (secondary N) is 2. The van der Waals surface area contributed by atoms with E-state index in [0.717, 1.165) is 27.4 Å². The molecule has 114 valence electrons. The minimum Gasteiger partial charge on any atom is -0.383 e. The molecular formula is C16H14N6O. The van der Waals surface area contributed by atoms with Crippen LogP contribution >= 0.6 is 0 Å². The topological polar surface area (TPSA) is 126 Å². The number of H-pyrrole nitrogens is 1. The first-order chi connectivity index (χ1) is 11.2. The number of aromatic nitrogens is 3. The number of fused-ring (bicyclic) bond motifs is 3. The Morgan fingerprint density at radius 1 is 1.09 bits per heavy atom. The molecule has 0 fully saturated rings. The number of benzene rings is 2. The molecule has 7 heteroatoms. The van der Waals surface area contributed by atoms with E-state index in [1.807, 2.05) is 36.5 Å². The van der Waals surface area contributed by atoms with Crippen LogP contribution in [0.4, 0.5) is 17.5 Å². The van der Waals surface area contributed by atoms with Gasteiger partial charge in [-0.2, -0.15) is 4.98 Å². The summed E-state index contributed by atoms with van der Waals surface area (Å²) in [5.41, 5.74) is 18.0. The summed E-state index contributed by atoms with van der Waals surface area (Å²) < 4.78 is 0. The highest BCUT2D eigenvalue weighted by molar-refractivity contribution is 6.15. The molecule has 0 aliphatic heterocycles. The smallest absolute Gasteiger partial charge is 0.222 e. The molecule has 0 bridgehead atoms. The summed E-state index contributed by atoms with van der Waals surface area (Å²) in [5, 5.41) is 10.8. The molecule has 0 atom stereocenters. The highest BCUT2D eigenvalue weighted by atomic mass is 16.5. The Balaban J connectivity index is 2.11. The van der Waals surface area contributed by atoms with Crippen LogP contribution in [-0.4, -0.2) is 20.2 Å². The predicted molar refractivity (Wildman–Crippen MR) is 91.1 cm³/mol. The van der Waals surface area contributed by atoms with E-state index in [-0.39, 0.29) is 5.95 Å². The Morgan fingerprint density at radius 2 is 1.96 bits per heavy atom. The normalized spacial score (nSPS) is 11.2. The molecule has 0 radical (unpaired) electrons. The lowest BCUT2D eigenvalue weighted by Crippen LogP contribution is -2.01. The van der Waals surface area contributed by atoms with Gasteiger partial charge in [0, 0.05) is 17.1 Å². The van der Waals surface area contributed by atoms with E-state index in [1.165, 1.54) is 0 Å². The molecule has 4 aromatic rings. The fraction of sp³-hybridized carbons (Fsp3) is 0. The van der Waals surface area contributed by atoms with E-state index in [1.54, 1.807) is 6.07 Å². The van der Waals surface area contributed by atoms with Crippen molar-refractivity contribution in [1.29, 1.82) is 0 Å². The summed E-state index contributed by atoms with van der Waals surface area (Å²) >= 11 is 0. The zero-order valence-corrected chi connectivity index (χ0v) is 12.0. The summed E-state index contributed by atoms with van der Waals surface area (Å²) in [4.78, 5) is 11.6. The van der Waals surface area contributed by atoms with Crippen molar-refractivity contribution < 1.29 is 5.21 Å². The van der Waals surface area contributed by atoms with Crippen LogP contribution in [0.3, 0.4) is 0 Å². The average molecular weight is 306 g/mol. The van der Waals surface area contributed by atoms with Gasteiger partial charge in [-0.25, -0.2) is 4.98 Å². The van der Waals surface area contributed by atoms with Crippen molar-refractivity contribution in [3.8, 4) is 11.1 Å². The molecule has 0 aliphatic carbocycles. The third-order valence-electron chi connectivity index (χ3n) is 3.85. The lowest BCUT2D eigenvalue weighted by Gasteiger charge is -2.10. The second kappa shape index (κ2) is 4.85. The van der Waals surface area contributed by atoms with E-state index >= 15 is 0 Å². The lowest BCUT2D eigenvalue weighted by atomic mass is 9.99. The van der Waals surface area contributed by atoms with Crippen LogP contribution < -0.4 is 16.9 Å². The summed E-state index contributed by atoms with van der Waals surface area (Å²) in [7, 11) is 0. The molecule has 23 heavy (non-hydrogen) atoms. The van der Waals surface area contributed by atoms with Crippen LogP contribution in [0.1, 0.15) is 0 Å². The first-order valence-corrected chi connectivity index (χ1v) is 7.00. The van der Waals surface area contributed by atoms with Crippen molar-refractivity contribution in [3.63, 3.8) is 0 Å². The Hall–Kier alpha value is -3.32. The molecule has 2 aromatic carbocycles. The third-order valence-corrected chi connectivity index (χ3v) is 3.85.